The van der Waals surface area contributed by atoms with Crippen LogP contribution in [0.4, 0.5) is 5.69 Å². The van der Waals surface area contributed by atoms with Gasteiger partial charge in [-0.15, -0.1) is 0 Å². The highest BCUT2D eigenvalue weighted by Gasteiger charge is 2.17. The Balaban J connectivity index is 2.38. The van der Waals surface area contributed by atoms with Crippen molar-refractivity contribution in [3.63, 3.8) is 0 Å². The molecule has 0 amide bonds. The predicted molar refractivity (Wildman–Crippen MR) is 84.2 cm³/mol. The van der Waals surface area contributed by atoms with Crippen LogP contribution in [0.2, 0.25) is 10.2 Å². The van der Waals surface area contributed by atoms with Crippen molar-refractivity contribution in [1.82, 2.24) is 4.98 Å². The van der Waals surface area contributed by atoms with Gasteiger partial charge in [0.05, 0.1) is 10.7 Å². The second-order valence-corrected chi connectivity index (χ2v) is 7.14. The van der Waals surface area contributed by atoms with Gasteiger partial charge >= 0.3 is 0 Å². The van der Waals surface area contributed by atoms with Crippen LogP contribution >= 0.6 is 45.8 Å². The number of benzene rings is 1. The van der Waals surface area contributed by atoms with Crippen molar-refractivity contribution in [1.29, 1.82) is 0 Å². The van der Waals surface area contributed by atoms with Crippen molar-refractivity contribution < 1.29 is 8.42 Å². The van der Waals surface area contributed by atoms with E-state index >= 15 is 0 Å². The SMILES string of the molecule is O=S(=O)(Nc1ccccc1I)c1cnc(Cl)c(Cl)c1. The molecule has 0 saturated carbocycles. The van der Waals surface area contributed by atoms with Crippen LogP contribution in [0.25, 0.3) is 0 Å². The molecule has 1 aromatic carbocycles. The van der Waals surface area contributed by atoms with Crippen LogP contribution in [-0.2, 0) is 10.0 Å². The Morgan fingerprint density at radius 3 is 2.53 bits per heavy atom. The average Bonchev–Trinajstić information content (AvgIpc) is 2.35. The van der Waals surface area contributed by atoms with Crippen molar-refractivity contribution in [3.8, 4) is 0 Å². The lowest BCUT2D eigenvalue weighted by molar-refractivity contribution is 0.601. The van der Waals surface area contributed by atoms with Crippen molar-refractivity contribution in [2.75, 3.05) is 4.72 Å². The predicted octanol–water partition coefficient (Wildman–Crippen LogP) is 3.79. The molecule has 8 heteroatoms. The van der Waals surface area contributed by atoms with E-state index in [1.54, 1.807) is 18.2 Å². The molecule has 1 heterocycles. The van der Waals surface area contributed by atoms with Crippen molar-refractivity contribution in [2.45, 2.75) is 4.90 Å². The molecule has 2 rings (SSSR count). The second-order valence-electron chi connectivity index (χ2n) is 3.53. The smallest absolute Gasteiger partial charge is 0.263 e. The molecule has 0 atom stereocenters. The van der Waals surface area contributed by atoms with Crippen LogP contribution in [0, 0.1) is 3.57 Å². The molecule has 0 aliphatic rings. The number of hydrogen-bond donors (Lipinski definition) is 1. The lowest BCUT2D eigenvalue weighted by Crippen LogP contribution is -2.14. The Hall–Kier alpha value is -0.570. The maximum Gasteiger partial charge on any atom is 0.263 e. The minimum Gasteiger partial charge on any atom is -0.279 e. The molecule has 0 aliphatic heterocycles. The Morgan fingerprint density at radius 1 is 1.21 bits per heavy atom. The van der Waals surface area contributed by atoms with Crippen molar-refractivity contribution in [2.24, 2.45) is 0 Å². The monoisotopic (exact) mass is 428 g/mol. The number of sulfonamides is 1. The highest BCUT2D eigenvalue weighted by atomic mass is 127. The van der Waals surface area contributed by atoms with Gasteiger partial charge in [0.25, 0.3) is 10.0 Å². The topological polar surface area (TPSA) is 59.1 Å². The standard InChI is InChI=1S/C11H7Cl2IN2O2S/c12-8-5-7(6-15-11(8)13)19(17,18)16-10-4-2-1-3-9(10)14/h1-6,16H. The van der Waals surface area contributed by atoms with Gasteiger partial charge in [-0.2, -0.15) is 0 Å². The molecule has 0 saturated heterocycles. The third-order valence-electron chi connectivity index (χ3n) is 2.20. The molecule has 100 valence electrons. The number of para-hydroxylation sites is 1. The first kappa shape index (κ1) is 14.8. The summed E-state index contributed by atoms with van der Waals surface area (Å²) in [5.41, 5.74) is 0.495. The normalized spacial score (nSPS) is 11.3. The van der Waals surface area contributed by atoms with Gasteiger partial charge in [-0.05, 0) is 40.8 Å². The quantitative estimate of drug-likeness (QED) is 0.597. The third kappa shape index (κ3) is 3.50. The molecule has 19 heavy (non-hydrogen) atoms. The van der Waals surface area contributed by atoms with E-state index in [0.717, 1.165) is 9.77 Å². The van der Waals surface area contributed by atoms with E-state index in [4.69, 9.17) is 23.2 Å². The number of pyridine rings is 1. The molecule has 0 spiro atoms. The van der Waals surface area contributed by atoms with E-state index in [-0.39, 0.29) is 15.1 Å². The molecular weight excluding hydrogens is 422 g/mol. The molecular formula is C11H7Cl2IN2O2S. The Labute approximate surface area is 134 Å². The molecule has 1 aromatic heterocycles. The van der Waals surface area contributed by atoms with Crippen LogP contribution in [0.3, 0.4) is 0 Å². The van der Waals surface area contributed by atoms with Crippen molar-refractivity contribution in [3.05, 3.63) is 50.3 Å². The number of halogens is 3. The second kappa shape index (κ2) is 5.82. The summed E-state index contributed by atoms with van der Waals surface area (Å²) in [6.45, 7) is 0. The highest BCUT2D eigenvalue weighted by molar-refractivity contribution is 14.1. The van der Waals surface area contributed by atoms with Crippen LogP contribution in [0.1, 0.15) is 0 Å². The van der Waals surface area contributed by atoms with Gasteiger partial charge < -0.3 is 0 Å². The van der Waals surface area contributed by atoms with Crippen molar-refractivity contribution >= 4 is 61.5 Å². The van der Waals surface area contributed by atoms with Crippen LogP contribution in [-0.4, -0.2) is 13.4 Å². The maximum absolute atomic E-state index is 12.2. The first-order chi connectivity index (χ1) is 8.90. The average molecular weight is 429 g/mol. The lowest BCUT2D eigenvalue weighted by Gasteiger charge is -2.09. The van der Waals surface area contributed by atoms with Gasteiger partial charge in [0.1, 0.15) is 10.0 Å². The zero-order chi connectivity index (χ0) is 14.0. The molecule has 0 aliphatic carbocycles. The number of aromatic nitrogens is 1. The van der Waals surface area contributed by atoms with Gasteiger partial charge in [0.15, 0.2) is 0 Å². The van der Waals surface area contributed by atoms with Crippen LogP contribution < -0.4 is 4.72 Å². The summed E-state index contributed by atoms with van der Waals surface area (Å²) in [5.74, 6) is 0. The Morgan fingerprint density at radius 2 is 1.89 bits per heavy atom. The van der Waals surface area contributed by atoms with Gasteiger partial charge in [-0.25, -0.2) is 13.4 Å². The fourth-order valence-electron chi connectivity index (χ4n) is 1.30. The number of rotatable bonds is 3. The maximum atomic E-state index is 12.2. The van der Waals surface area contributed by atoms with Gasteiger partial charge in [0.2, 0.25) is 0 Å². The third-order valence-corrected chi connectivity index (χ3v) is 5.16. The molecule has 2 aromatic rings. The van der Waals surface area contributed by atoms with Crippen LogP contribution in [0.5, 0.6) is 0 Å². The van der Waals surface area contributed by atoms with Gasteiger partial charge in [0, 0.05) is 9.77 Å². The summed E-state index contributed by atoms with van der Waals surface area (Å²) in [4.78, 5) is 3.68. The van der Waals surface area contributed by atoms with E-state index in [1.165, 1.54) is 6.07 Å². The highest BCUT2D eigenvalue weighted by Crippen LogP contribution is 2.25. The summed E-state index contributed by atoms with van der Waals surface area (Å²) >= 11 is 13.5. The molecule has 0 unspecified atom stereocenters. The number of nitrogens with zero attached hydrogens (tertiary/aromatic N) is 1. The lowest BCUT2D eigenvalue weighted by atomic mass is 10.3. The Bertz CT molecular complexity index is 722. The first-order valence-electron chi connectivity index (χ1n) is 4.98. The van der Waals surface area contributed by atoms with E-state index in [2.05, 4.69) is 9.71 Å². The van der Waals surface area contributed by atoms with E-state index in [9.17, 15) is 8.42 Å². The van der Waals surface area contributed by atoms with Gasteiger partial charge in [-0.1, -0.05) is 35.3 Å². The fraction of sp³-hybridized carbons (Fsp3) is 0. The number of nitrogens with one attached hydrogen (secondary N) is 1. The summed E-state index contributed by atoms with van der Waals surface area (Å²) in [6, 6.07) is 8.29. The zero-order valence-corrected chi connectivity index (χ0v) is 13.8. The number of anilines is 1. The molecule has 0 radical (unpaired) electrons. The minimum atomic E-state index is -3.74. The molecule has 1 N–H and O–H groups in total. The van der Waals surface area contributed by atoms with E-state index < -0.39 is 10.0 Å². The Kier molecular flexibility index (Phi) is 4.54. The van der Waals surface area contributed by atoms with Gasteiger partial charge in [-0.3, -0.25) is 4.72 Å². The molecule has 0 fully saturated rings. The van der Waals surface area contributed by atoms with Crippen LogP contribution in [0.15, 0.2) is 41.4 Å². The molecule has 4 nitrogen and oxygen atoms in total. The molecule has 0 bridgehead atoms. The summed E-state index contributed by atoms with van der Waals surface area (Å²) in [6.07, 6.45) is 1.16. The summed E-state index contributed by atoms with van der Waals surface area (Å²) in [7, 11) is -3.74. The van der Waals surface area contributed by atoms with E-state index in [1.807, 2.05) is 28.7 Å². The summed E-state index contributed by atoms with van der Waals surface area (Å²) in [5, 5.41) is 0.155. The minimum absolute atomic E-state index is 0.0402. The summed E-state index contributed by atoms with van der Waals surface area (Å²) < 4.78 is 27.6. The van der Waals surface area contributed by atoms with E-state index in [0.29, 0.717) is 5.69 Å². The first-order valence-corrected chi connectivity index (χ1v) is 8.30. The zero-order valence-electron chi connectivity index (χ0n) is 9.27. The fourth-order valence-corrected chi connectivity index (χ4v) is 3.39. The largest absolute Gasteiger partial charge is 0.279 e. The number of hydrogen-bond acceptors (Lipinski definition) is 3.